The van der Waals surface area contributed by atoms with Crippen LogP contribution in [0.25, 0.3) is 0 Å². The third kappa shape index (κ3) is 4.68. The Morgan fingerprint density at radius 2 is 1.78 bits per heavy atom. The van der Waals surface area contributed by atoms with Crippen LogP contribution in [0.5, 0.6) is 5.75 Å². The molecule has 2 aromatic rings. The SMILES string of the molecule is COc1cc(NC(=O)c2ccc(F)cc2)ccc1NS(C)(=O)=O. The predicted octanol–water partition coefficient (Wildman–Crippen LogP) is 2.46. The van der Waals surface area contributed by atoms with Crippen molar-refractivity contribution in [2.45, 2.75) is 0 Å². The van der Waals surface area contributed by atoms with Crippen molar-refractivity contribution in [2.24, 2.45) is 0 Å². The molecule has 0 saturated heterocycles. The smallest absolute Gasteiger partial charge is 0.255 e. The second kappa shape index (κ2) is 6.66. The van der Waals surface area contributed by atoms with Crippen molar-refractivity contribution in [1.29, 1.82) is 0 Å². The fourth-order valence-corrected chi connectivity index (χ4v) is 2.43. The van der Waals surface area contributed by atoms with Crippen LogP contribution in [0, 0.1) is 5.82 Å². The first kappa shape index (κ1) is 16.8. The third-order valence-corrected chi connectivity index (χ3v) is 3.45. The van der Waals surface area contributed by atoms with Crippen LogP contribution >= 0.6 is 0 Å². The van der Waals surface area contributed by atoms with Gasteiger partial charge in [0.25, 0.3) is 5.91 Å². The summed E-state index contributed by atoms with van der Waals surface area (Å²) in [4.78, 5) is 12.1. The molecule has 2 rings (SSSR count). The van der Waals surface area contributed by atoms with E-state index in [0.717, 1.165) is 6.26 Å². The lowest BCUT2D eigenvalue weighted by Gasteiger charge is -2.12. The van der Waals surface area contributed by atoms with Gasteiger partial charge in [-0.15, -0.1) is 0 Å². The van der Waals surface area contributed by atoms with E-state index in [4.69, 9.17) is 4.74 Å². The molecule has 0 atom stereocenters. The van der Waals surface area contributed by atoms with Crippen molar-refractivity contribution in [1.82, 2.24) is 0 Å². The Labute approximate surface area is 133 Å². The normalized spacial score (nSPS) is 10.9. The van der Waals surface area contributed by atoms with Crippen molar-refractivity contribution in [3.8, 4) is 5.75 Å². The van der Waals surface area contributed by atoms with Crippen LogP contribution in [-0.2, 0) is 10.0 Å². The minimum Gasteiger partial charge on any atom is -0.494 e. The molecule has 1 amide bonds. The highest BCUT2D eigenvalue weighted by Crippen LogP contribution is 2.28. The van der Waals surface area contributed by atoms with E-state index in [1.165, 1.54) is 49.6 Å². The summed E-state index contributed by atoms with van der Waals surface area (Å²) in [6, 6.07) is 9.58. The summed E-state index contributed by atoms with van der Waals surface area (Å²) in [6.45, 7) is 0. The van der Waals surface area contributed by atoms with Gasteiger partial charge in [0.2, 0.25) is 10.0 Å². The van der Waals surface area contributed by atoms with Crippen LogP contribution in [0.2, 0.25) is 0 Å². The number of nitrogens with one attached hydrogen (secondary N) is 2. The van der Waals surface area contributed by atoms with Gasteiger partial charge in [-0.3, -0.25) is 9.52 Å². The van der Waals surface area contributed by atoms with Crippen molar-refractivity contribution in [3.05, 3.63) is 53.8 Å². The second-order valence-electron chi connectivity index (χ2n) is 4.75. The van der Waals surface area contributed by atoms with Crippen LogP contribution in [-0.4, -0.2) is 27.7 Å². The summed E-state index contributed by atoms with van der Waals surface area (Å²) >= 11 is 0. The molecular weight excluding hydrogens is 323 g/mol. The molecule has 0 aromatic heterocycles. The Morgan fingerprint density at radius 1 is 1.13 bits per heavy atom. The van der Waals surface area contributed by atoms with Gasteiger partial charge in [-0.2, -0.15) is 0 Å². The van der Waals surface area contributed by atoms with Crippen LogP contribution in [0.1, 0.15) is 10.4 Å². The maximum atomic E-state index is 12.9. The first-order valence-electron chi connectivity index (χ1n) is 6.51. The van der Waals surface area contributed by atoms with E-state index in [1.807, 2.05) is 0 Å². The van der Waals surface area contributed by atoms with Gasteiger partial charge in [0.05, 0.1) is 19.1 Å². The highest BCUT2D eigenvalue weighted by molar-refractivity contribution is 7.92. The molecule has 0 aliphatic carbocycles. The number of methoxy groups -OCH3 is 1. The number of rotatable bonds is 5. The Hall–Kier alpha value is -2.61. The maximum Gasteiger partial charge on any atom is 0.255 e. The summed E-state index contributed by atoms with van der Waals surface area (Å²) in [7, 11) is -2.06. The topological polar surface area (TPSA) is 84.5 Å². The number of sulfonamides is 1. The van der Waals surface area contributed by atoms with E-state index >= 15 is 0 Å². The third-order valence-electron chi connectivity index (χ3n) is 2.86. The molecule has 122 valence electrons. The molecule has 0 bridgehead atoms. The molecule has 0 aliphatic rings. The fourth-order valence-electron chi connectivity index (χ4n) is 1.86. The van der Waals surface area contributed by atoms with Gasteiger partial charge in [0.1, 0.15) is 11.6 Å². The van der Waals surface area contributed by atoms with Crippen LogP contribution in [0.4, 0.5) is 15.8 Å². The average Bonchev–Trinajstić information content (AvgIpc) is 2.48. The summed E-state index contributed by atoms with van der Waals surface area (Å²) < 4.78 is 42.8. The van der Waals surface area contributed by atoms with Crippen molar-refractivity contribution < 1.29 is 22.3 Å². The summed E-state index contributed by atoms with van der Waals surface area (Å²) in [5.74, 6) is -0.595. The van der Waals surface area contributed by atoms with E-state index < -0.39 is 21.7 Å². The zero-order valence-electron chi connectivity index (χ0n) is 12.5. The van der Waals surface area contributed by atoms with Gasteiger partial charge >= 0.3 is 0 Å². The maximum absolute atomic E-state index is 12.9. The summed E-state index contributed by atoms with van der Waals surface area (Å²) in [6.07, 6.45) is 1.02. The first-order valence-corrected chi connectivity index (χ1v) is 8.40. The number of benzene rings is 2. The van der Waals surface area contributed by atoms with E-state index in [1.54, 1.807) is 0 Å². The number of carbonyl (C=O) groups is 1. The summed E-state index contributed by atoms with van der Waals surface area (Å²) in [5, 5.41) is 2.62. The van der Waals surface area contributed by atoms with Gasteiger partial charge in [0, 0.05) is 17.3 Å². The molecule has 0 aliphatic heterocycles. The highest BCUT2D eigenvalue weighted by Gasteiger charge is 2.11. The van der Waals surface area contributed by atoms with E-state index in [9.17, 15) is 17.6 Å². The molecule has 0 radical (unpaired) electrons. The van der Waals surface area contributed by atoms with Gasteiger partial charge in [-0.25, -0.2) is 12.8 Å². The monoisotopic (exact) mass is 338 g/mol. The van der Waals surface area contributed by atoms with Crippen LogP contribution in [0.15, 0.2) is 42.5 Å². The lowest BCUT2D eigenvalue weighted by Crippen LogP contribution is -2.13. The quantitative estimate of drug-likeness (QED) is 0.877. The van der Waals surface area contributed by atoms with Gasteiger partial charge in [0.15, 0.2) is 0 Å². The number of anilines is 2. The molecule has 23 heavy (non-hydrogen) atoms. The predicted molar refractivity (Wildman–Crippen MR) is 85.8 cm³/mol. The molecule has 0 spiro atoms. The molecule has 0 saturated carbocycles. The number of halogens is 1. The molecule has 8 heteroatoms. The van der Waals surface area contributed by atoms with E-state index in [0.29, 0.717) is 11.3 Å². The van der Waals surface area contributed by atoms with Gasteiger partial charge in [-0.1, -0.05) is 0 Å². The minimum atomic E-state index is -3.45. The van der Waals surface area contributed by atoms with Crippen molar-refractivity contribution in [2.75, 3.05) is 23.4 Å². The molecule has 0 unspecified atom stereocenters. The molecular formula is C15H15FN2O4S. The number of amides is 1. The fraction of sp³-hybridized carbons (Fsp3) is 0.133. The second-order valence-corrected chi connectivity index (χ2v) is 6.50. The molecule has 2 N–H and O–H groups in total. The Balaban J connectivity index is 2.20. The number of hydrogen-bond acceptors (Lipinski definition) is 4. The van der Waals surface area contributed by atoms with E-state index in [-0.39, 0.29) is 11.4 Å². The van der Waals surface area contributed by atoms with Gasteiger partial charge in [-0.05, 0) is 36.4 Å². The first-order chi connectivity index (χ1) is 10.8. The Morgan fingerprint density at radius 3 is 2.35 bits per heavy atom. The highest BCUT2D eigenvalue weighted by atomic mass is 32.2. The Bertz CT molecular complexity index is 820. The zero-order chi connectivity index (χ0) is 17.0. The van der Waals surface area contributed by atoms with Crippen LogP contribution < -0.4 is 14.8 Å². The number of carbonyl (C=O) groups excluding carboxylic acids is 1. The average molecular weight is 338 g/mol. The summed E-state index contributed by atoms with van der Waals surface area (Å²) in [5.41, 5.74) is 0.966. The lowest BCUT2D eigenvalue weighted by atomic mass is 10.2. The van der Waals surface area contributed by atoms with Crippen molar-refractivity contribution >= 4 is 27.3 Å². The molecule has 6 nitrogen and oxygen atoms in total. The van der Waals surface area contributed by atoms with Gasteiger partial charge < -0.3 is 10.1 Å². The standard InChI is InChI=1S/C15H15FN2O4S/c1-22-14-9-12(7-8-13(14)18-23(2,20)21)17-15(19)10-3-5-11(16)6-4-10/h3-9,18H,1-2H3,(H,17,19). The largest absolute Gasteiger partial charge is 0.494 e. The van der Waals surface area contributed by atoms with Crippen LogP contribution in [0.3, 0.4) is 0 Å². The van der Waals surface area contributed by atoms with Crippen molar-refractivity contribution in [3.63, 3.8) is 0 Å². The van der Waals surface area contributed by atoms with E-state index in [2.05, 4.69) is 10.0 Å². The zero-order valence-corrected chi connectivity index (χ0v) is 13.3. The number of hydrogen-bond donors (Lipinski definition) is 2. The lowest BCUT2D eigenvalue weighted by molar-refractivity contribution is 0.102. The Kier molecular flexibility index (Phi) is 4.85. The molecule has 2 aromatic carbocycles. The molecule has 0 fully saturated rings. The molecule has 0 heterocycles. The number of ether oxygens (including phenoxy) is 1. The minimum absolute atomic E-state index is 0.257.